The van der Waals surface area contributed by atoms with Crippen LogP contribution in [0.15, 0.2) is 29.3 Å². The largest absolute Gasteiger partial charge is 0.343 e. The van der Waals surface area contributed by atoms with E-state index in [0.717, 1.165) is 18.4 Å². The van der Waals surface area contributed by atoms with Crippen LogP contribution >= 0.6 is 0 Å². The van der Waals surface area contributed by atoms with Gasteiger partial charge < -0.3 is 0 Å². The zero-order valence-corrected chi connectivity index (χ0v) is 10.2. The number of aromatic nitrogens is 4. The summed E-state index contributed by atoms with van der Waals surface area (Å²) in [6.45, 7) is 0. The first kappa shape index (κ1) is 11.2. The number of pyridine rings is 1. The molecule has 0 aromatic carbocycles. The fraction of sp³-hybridized carbons (Fsp3) is 0.462. The minimum absolute atomic E-state index is 0.110. The molecule has 0 amide bonds. The average Bonchev–Trinajstić information content (AvgIpc) is 2.83. The maximum atomic E-state index is 11.9. The van der Waals surface area contributed by atoms with Crippen LogP contribution in [0, 0.1) is 0 Å². The average molecular weight is 244 g/mol. The first-order valence-corrected chi connectivity index (χ1v) is 6.43. The van der Waals surface area contributed by atoms with Gasteiger partial charge in [-0.3, -0.25) is 9.55 Å². The maximum absolute atomic E-state index is 11.9. The third-order valence-electron chi connectivity index (χ3n) is 3.56. The Morgan fingerprint density at radius 3 is 2.83 bits per heavy atom. The number of hydrogen-bond acceptors (Lipinski definition) is 3. The second-order valence-corrected chi connectivity index (χ2v) is 4.76. The van der Waals surface area contributed by atoms with Crippen molar-refractivity contribution in [2.75, 3.05) is 0 Å². The van der Waals surface area contributed by atoms with E-state index in [0.29, 0.717) is 5.82 Å². The molecule has 94 valence electrons. The third kappa shape index (κ3) is 1.96. The lowest BCUT2D eigenvalue weighted by Crippen LogP contribution is -2.24. The Bertz CT molecular complexity index is 566. The summed E-state index contributed by atoms with van der Waals surface area (Å²) in [5.74, 6) is 0.708. The molecule has 0 aliphatic heterocycles. The van der Waals surface area contributed by atoms with Crippen LogP contribution in [-0.4, -0.2) is 19.7 Å². The van der Waals surface area contributed by atoms with Gasteiger partial charge in [-0.05, 0) is 25.0 Å². The lowest BCUT2D eigenvalue weighted by atomic mass is 9.95. The molecule has 0 spiro atoms. The zero-order chi connectivity index (χ0) is 12.4. The topological polar surface area (TPSA) is 63.6 Å². The lowest BCUT2D eigenvalue weighted by molar-refractivity contribution is 0.349. The van der Waals surface area contributed by atoms with Crippen molar-refractivity contribution >= 4 is 0 Å². The smallest absolute Gasteiger partial charge is 0.272 e. The lowest BCUT2D eigenvalue weighted by Gasteiger charge is -2.23. The van der Waals surface area contributed by atoms with Crippen molar-refractivity contribution in [3.05, 3.63) is 35.0 Å². The summed E-state index contributed by atoms with van der Waals surface area (Å²) in [5, 5.41) is 6.71. The Kier molecular flexibility index (Phi) is 2.96. The van der Waals surface area contributed by atoms with Gasteiger partial charge in [-0.2, -0.15) is 5.10 Å². The van der Waals surface area contributed by atoms with E-state index in [9.17, 15) is 4.79 Å². The maximum Gasteiger partial charge on any atom is 0.343 e. The highest BCUT2D eigenvalue weighted by Crippen LogP contribution is 2.29. The van der Waals surface area contributed by atoms with E-state index < -0.39 is 0 Å². The summed E-state index contributed by atoms with van der Waals surface area (Å²) >= 11 is 0. The number of rotatable bonds is 2. The fourth-order valence-electron chi connectivity index (χ4n) is 2.68. The Hall–Kier alpha value is -1.91. The molecule has 1 fully saturated rings. The van der Waals surface area contributed by atoms with Crippen LogP contribution in [0.4, 0.5) is 0 Å². The summed E-state index contributed by atoms with van der Waals surface area (Å²) in [7, 11) is 0. The number of nitrogens with one attached hydrogen (secondary N) is 1. The van der Waals surface area contributed by atoms with Crippen molar-refractivity contribution < 1.29 is 0 Å². The summed E-state index contributed by atoms with van der Waals surface area (Å²) in [6.07, 6.45) is 9.24. The van der Waals surface area contributed by atoms with Gasteiger partial charge in [0.15, 0.2) is 5.82 Å². The fourth-order valence-corrected chi connectivity index (χ4v) is 2.68. The van der Waals surface area contributed by atoms with Crippen LogP contribution in [0.5, 0.6) is 0 Å². The second-order valence-electron chi connectivity index (χ2n) is 4.76. The van der Waals surface area contributed by atoms with E-state index in [2.05, 4.69) is 15.2 Å². The number of H-pyrrole nitrogens is 1. The Balaban J connectivity index is 2.03. The summed E-state index contributed by atoms with van der Waals surface area (Å²) in [5.41, 5.74) is 0.780. The molecule has 1 aliphatic rings. The van der Waals surface area contributed by atoms with Gasteiger partial charge in [-0.15, -0.1) is 0 Å². The molecule has 2 aromatic rings. The molecule has 0 atom stereocenters. The van der Waals surface area contributed by atoms with Crippen LogP contribution in [-0.2, 0) is 0 Å². The van der Waals surface area contributed by atoms with Crippen molar-refractivity contribution in [3.63, 3.8) is 0 Å². The van der Waals surface area contributed by atoms with E-state index in [-0.39, 0.29) is 11.7 Å². The molecule has 5 nitrogen and oxygen atoms in total. The molecule has 3 rings (SSSR count). The highest BCUT2D eigenvalue weighted by Gasteiger charge is 2.21. The molecule has 1 aliphatic carbocycles. The molecule has 0 bridgehead atoms. The Morgan fingerprint density at radius 2 is 2.11 bits per heavy atom. The first-order valence-electron chi connectivity index (χ1n) is 6.43. The van der Waals surface area contributed by atoms with E-state index in [1.54, 1.807) is 17.0 Å². The number of aromatic amines is 1. The van der Waals surface area contributed by atoms with Gasteiger partial charge in [-0.1, -0.05) is 19.3 Å². The second kappa shape index (κ2) is 4.76. The molecule has 2 heterocycles. The van der Waals surface area contributed by atoms with Crippen molar-refractivity contribution in [2.24, 2.45) is 0 Å². The molecule has 0 unspecified atom stereocenters. The van der Waals surface area contributed by atoms with Gasteiger partial charge in [-0.25, -0.2) is 9.89 Å². The van der Waals surface area contributed by atoms with Crippen LogP contribution in [0.25, 0.3) is 11.4 Å². The molecular weight excluding hydrogens is 228 g/mol. The highest BCUT2D eigenvalue weighted by molar-refractivity contribution is 5.53. The predicted molar refractivity (Wildman–Crippen MR) is 68.2 cm³/mol. The number of hydrogen-bond donors (Lipinski definition) is 1. The molecule has 0 saturated heterocycles. The van der Waals surface area contributed by atoms with Gasteiger partial charge in [0.05, 0.1) is 0 Å². The van der Waals surface area contributed by atoms with E-state index >= 15 is 0 Å². The van der Waals surface area contributed by atoms with Gasteiger partial charge in [0.1, 0.15) is 0 Å². The van der Waals surface area contributed by atoms with Crippen molar-refractivity contribution in [2.45, 2.75) is 38.1 Å². The molecule has 0 radical (unpaired) electrons. The van der Waals surface area contributed by atoms with Gasteiger partial charge >= 0.3 is 5.69 Å². The number of nitrogens with zero attached hydrogens (tertiary/aromatic N) is 3. The van der Waals surface area contributed by atoms with Crippen LogP contribution < -0.4 is 5.69 Å². The Morgan fingerprint density at radius 1 is 1.28 bits per heavy atom. The molecular formula is C13H16N4O. The van der Waals surface area contributed by atoms with Crippen molar-refractivity contribution in [1.29, 1.82) is 0 Å². The minimum atomic E-state index is -0.110. The van der Waals surface area contributed by atoms with E-state index in [4.69, 9.17) is 0 Å². The molecule has 1 N–H and O–H groups in total. The quantitative estimate of drug-likeness (QED) is 0.880. The highest BCUT2D eigenvalue weighted by atomic mass is 16.1. The van der Waals surface area contributed by atoms with Crippen molar-refractivity contribution in [1.82, 2.24) is 19.7 Å². The summed E-state index contributed by atoms with van der Waals surface area (Å²) in [6, 6.07) is 4.07. The van der Waals surface area contributed by atoms with Gasteiger partial charge in [0.2, 0.25) is 0 Å². The van der Waals surface area contributed by atoms with Gasteiger partial charge in [0, 0.05) is 24.0 Å². The standard InChI is InChI=1S/C13H16N4O/c18-13-16-15-12(10-5-4-8-14-9-10)17(13)11-6-2-1-3-7-11/h4-5,8-9,11H,1-3,6-7H2,(H,16,18). The molecule has 18 heavy (non-hydrogen) atoms. The summed E-state index contributed by atoms with van der Waals surface area (Å²) < 4.78 is 1.80. The first-order chi connectivity index (χ1) is 8.86. The van der Waals surface area contributed by atoms with Crippen LogP contribution in [0.1, 0.15) is 38.1 Å². The van der Waals surface area contributed by atoms with Crippen molar-refractivity contribution in [3.8, 4) is 11.4 Å². The third-order valence-corrected chi connectivity index (χ3v) is 3.56. The molecule has 1 saturated carbocycles. The Labute approximate surface area is 105 Å². The summed E-state index contributed by atoms with van der Waals surface area (Å²) in [4.78, 5) is 16.0. The monoisotopic (exact) mass is 244 g/mol. The van der Waals surface area contributed by atoms with E-state index in [1.807, 2.05) is 12.1 Å². The van der Waals surface area contributed by atoms with Gasteiger partial charge in [0.25, 0.3) is 0 Å². The molecule has 2 aromatic heterocycles. The van der Waals surface area contributed by atoms with E-state index in [1.165, 1.54) is 19.3 Å². The minimum Gasteiger partial charge on any atom is -0.272 e. The SMILES string of the molecule is O=c1[nH]nc(-c2cccnc2)n1C1CCCCC1. The zero-order valence-electron chi connectivity index (χ0n) is 10.2. The van der Waals surface area contributed by atoms with Crippen LogP contribution in [0.2, 0.25) is 0 Å². The predicted octanol–water partition coefficient (Wildman–Crippen LogP) is 2.14. The molecule has 5 heteroatoms. The van der Waals surface area contributed by atoms with Crippen LogP contribution in [0.3, 0.4) is 0 Å². The normalized spacial score (nSPS) is 16.9.